The van der Waals surface area contributed by atoms with Crippen LogP contribution < -0.4 is 5.32 Å². The van der Waals surface area contributed by atoms with E-state index >= 15 is 0 Å². The molecule has 0 radical (unpaired) electrons. The second kappa shape index (κ2) is 11.9. The molecule has 1 aromatic carbocycles. The van der Waals surface area contributed by atoms with Crippen LogP contribution in [0.15, 0.2) is 54.4 Å². The largest absolute Gasteiger partial charge is 0.494 e. The lowest BCUT2D eigenvalue weighted by Crippen LogP contribution is -2.31. The van der Waals surface area contributed by atoms with Crippen molar-refractivity contribution < 1.29 is 23.9 Å². The molecule has 36 heavy (non-hydrogen) atoms. The van der Waals surface area contributed by atoms with Gasteiger partial charge in [-0.05, 0) is 56.0 Å². The zero-order chi connectivity index (χ0) is 25.5. The molecule has 2 aliphatic rings. The molecule has 1 saturated heterocycles. The Hall–Kier alpha value is -3.52. The van der Waals surface area contributed by atoms with Gasteiger partial charge in [0.1, 0.15) is 12.0 Å². The average Bonchev–Trinajstić information content (AvgIpc) is 3.30. The van der Waals surface area contributed by atoms with Gasteiger partial charge in [0.05, 0.1) is 12.6 Å². The summed E-state index contributed by atoms with van der Waals surface area (Å²) in [7, 11) is 0. The Morgan fingerprint density at radius 1 is 1.31 bits per heavy atom. The number of rotatable bonds is 10. The van der Waals surface area contributed by atoms with Crippen LogP contribution in [-0.2, 0) is 20.7 Å². The first-order valence-electron chi connectivity index (χ1n) is 12.4. The first kappa shape index (κ1) is 25.6. The van der Waals surface area contributed by atoms with Gasteiger partial charge in [0, 0.05) is 48.9 Å². The van der Waals surface area contributed by atoms with E-state index in [1.807, 2.05) is 42.9 Å². The SMILES string of the molecule is Cc1cn(C2CCOCC2)nc1C(=O)NCC(C)COC1=CC(Cc2cccc(C=O)c2)C(=O)C=C1. The highest BCUT2D eigenvalue weighted by molar-refractivity contribution is 5.95. The average molecular weight is 492 g/mol. The van der Waals surface area contributed by atoms with Crippen LogP contribution in [0.4, 0.5) is 0 Å². The van der Waals surface area contributed by atoms with E-state index in [4.69, 9.17) is 9.47 Å². The maximum Gasteiger partial charge on any atom is 0.272 e. The van der Waals surface area contributed by atoms with Crippen molar-refractivity contribution in [3.63, 3.8) is 0 Å². The predicted molar refractivity (Wildman–Crippen MR) is 135 cm³/mol. The van der Waals surface area contributed by atoms with Crippen molar-refractivity contribution >= 4 is 18.0 Å². The van der Waals surface area contributed by atoms with Crippen molar-refractivity contribution in [2.75, 3.05) is 26.4 Å². The van der Waals surface area contributed by atoms with E-state index in [9.17, 15) is 14.4 Å². The number of benzene rings is 1. The van der Waals surface area contributed by atoms with E-state index in [0.717, 1.165) is 43.5 Å². The third-order valence-corrected chi connectivity index (χ3v) is 6.53. The Bertz CT molecular complexity index is 1160. The molecule has 4 rings (SSSR count). The lowest BCUT2D eigenvalue weighted by Gasteiger charge is -2.22. The number of allylic oxidation sites excluding steroid dienone is 3. The number of nitrogens with one attached hydrogen (secondary N) is 1. The zero-order valence-electron chi connectivity index (χ0n) is 20.8. The first-order valence-corrected chi connectivity index (χ1v) is 12.4. The third kappa shape index (κ3) is 6.57. The van der Waals surface area contributed by atoms with Crippen LogP contribution in [0.2, 0.25) is 0 Å². The van der Waals surface area contributed by atoms with Crippen LogP contribution >= 0.6 is 0 Å². The predicted octanol–water partition coefficient (Wildman–Crippen LogP) is 3.62. The fourth-order valence-electron chi connectivity index (χ4n) is 4.42. The normalized spacial score (nSPS) is 19.0. The molecule has 1 fully saturated rings. The molecule has 1 aliphatic heterocycles. The maximum absolute atomic E-state index is 12.7. The number of carbonyl (C=O) groups excluding carboxylic acids is 3. The van der Waals surface area contributed by atoms with Crippen molar-refractivity contribution in [3.05, 3.63) is 76.8 Å². The van der Waals surface area contributed by atoms with Crippen LogP contribution in [-0.4, -0.2) is 54.1 Å². The molecular weight excluding hydrogens is 458 g/mol. The number of ether oxygens (including phenoxy) is 2. The zero-order valence-corrected chi connectivity index (χ0v) is 20.8. The van der Waals surface area contributed by atoms with Gasteiger partial charge in [0.25, 0.3) is 5.91 Å². The van der Waals surface area contributed by atoms with Gasteiger partial charge in [-0.1, -0.05) is 25.1 Å². The van der Waals surface area contributed by atoms with E-state index in [-0.39, 0.29) is 29.6 Å². The topological polar surface area (TPSA) is 99.5 Å². The van der Waals surface area contributed by atoms with Gasteiger partial charge in [-0.25, -0.2) is 0 Å². The third-order valence-electron chi connectivity index (χ3n) is 6.53. The second-order valence-electron chi connectivity index (χ2n) is 9.59. The summed E-state index contributed by atoms with van der Waals surface area (Å²) in [6.07, 6.45) is 10.1. The summed E-state index contributed by atoms with van der Waals surface area (Å²) in [6.45, 7) is 6.17. The molecule has 1 aromatic heterocycles. The van der Waals surface area contributed by atoms with Gasteiger partial charge in [0.15, 0.2) is 11.5 Å². The molecule has 1 amide bonds. The molecule has 8 heteroatoms. The van der Waals surface area contributed by atoms with E-state index in [1.165, 1.54) is 6.08 Å². The van der Waals surface area contributed by atoms with Crippen molar-refractivity contribution in [3.8, 4) is 0 Å². The number of hydrogen-bond donors (Lipinski definition) is 1. The minimum absolute atomic E-state index is 0.00901. The van der Waals surface area contributed by atoms with E-state index in [0.29, 0.717) is 36.6 Å². The summed E-state index contributed by atoms with van der Waals surface area (Å²) < 4.78 is 13.2. The van der Waals surface area contributed by atoms with Crippen molar-refractivity contribution in [1.29, 1.82) is 0 Å². The van der Waals surface area contributed by atoms with Crippen LogP contribution in [0.1, 0.15) is 57.8 Å². The van der Waals surface area contributed by atoms with Crippen molar-refractivity contribution in [1.82, 2.24) is 15.1 Å². The molecule has 2 aromatic rings. The minimum Gasteiger partial charge on any atom is -0.494 e. The molecule has 0 spiro atoms. The summed E-state index contributed by atoms with van der Waals surface area (Å²) in [5, 5.41) is 7.50. The van der Waals surface area contributed by atoms with Gasteiger partial charge in [0.2, 0.25) is 0 Å². The first-order chi connectivity index (χ1) is 17.4. The maximum atomic E-state index is 12.7. The fraction of sp³-hybridized carbons (Fsp3) is 0.429. The highest BCUT2D eigenvalue weighted by Crippen LogP contribution is 2.22. The lowest BCUT2D eigenvalue weighted by atomic mass is 9.91. The summed E-state index contributed by atoms with van der Waals surface area (Å²) >= 11 is 0. The van der Waals surface area contributed by atoms with E-state index < -0.39 is 0 Å². The quantitative estimate of drug-likeness (QED) is 0.510. The summed E-state index contributed by atoms with van der Waals surface area (Å²) in [4.78, 5) is 36.1. The number of aromatic nitrogens is 2. The van der Waals surface area contributed by atoms with Crippen molar-refractivity contribution in [2.45, 2.75) is 39.2 Å². The number of aryl methyl sites for hydroxylation is 1. The highest BCUT2D eigenvalue weighted by Gasteiger charge is 2.22. The number of ketones is 1. The number of aldehydes is 1. The lowest BCUT2D eigenvalue weighted by molar-refractivity contribution is -0.117. The van der Waals surface area contributed by atoms with Crippen LogP contribution in [0, 0.1) is 18.8 Å². The number of amides is 1. The second-order valence-corrected chi connectivity index (χ2v) is 9.59. The van der Waals surface area contributed by atoms with Gasteiger partial charge >= 0.3 is 0 Å². The van der Waals surface area contributed by atoms with Crippen LogP contribution in [0.25, 0.3) is 0 Å². The fourth-order valence-corrected chi connectivity index (χ4v) is 4.42. The van der Waals surface area contributed by atoms with Gasteiger partial charge < -0.3 is 14.8 Å². The standard InChI is InChI=1S/C28H33N3O5/c1-19(15-29-28(34)27-20(2)16-31(30-27)24-8-10-35-11-9-24)18-36-25-6-7-26(33)23(14-25)13-21-4-3-5-22(12-21)17-32/h3-7,12,14,16-17,19,23-24H,8-11,13,15,18H2,1-2H3,(H,29,34). The number of hydrogen-bond acceptors (Lipinski definition) is 6. The molecule has 2 unspecified atom stereocenters. The molecule has 0 saturated carbocycles. The monoisotopic (exact) mass is 491 g/mol. The molecule has 8 nitrogen and oxygen atoms in total. The molecule has 190 valence electrons. The molecule has 1 aliphatic carbocycles. The minimum atomic E-state index is -0.337. The number of nitrogens with zero attached hydrogens (tertiary/aromatic N) is 2. The smallest absolute Gasteiger partial charge is 0.272 e. The Kier molecular flexibility index (Phi) is 8.48. The highest BCUT2D eigenvalue weighted by atomic mass is 16.5. The Morgan fingerprint density at radius 3 is 2.89 bits per heavy atom. The van der Waals surface area contributed by atoms with Gasteiger partial charge in [-0.2, -0.15) is 5.10 Å². The molecule has 1 N–H and O–H groups in total. The summed E-state index contributed by atoms with van der Waals surface area (Å²) in [5.41, 5.74) is 2.82. The van der Waals surface area contributed by atoms with Gasteiger partial charge in [-0.3, -0.25) is 19.1 Å². The summed E-state index contributed by atoms with van der Waals surface area (Å²) in [6, 6.07) is 7.53. The van der Waals surface area contributed by atoms with Crippen LogP contribution in [0.5, 0.6) is 0 Å². The molecular formula is C28H33N3O5. The molecule has 2 heterocycles. The van der Waals surface area contributed by atoms with E-state index in [1.54, 1.807) is 18.2 Å². The Morgan fingerprint density at radius 2 is 2.11 bits per heavy atom. The van der Waals surface area contributed by atoms with Crippen LogP contribution in [0.3, 0.4) is 0 Å². The van der Waals surface area contributed by atoms with E-state index in [2.05, 4.69) is 10.4 Å². The molecule has 0 bridgehead atoms. The molecule has 2 atom stereocenters. The number of carbonyl (C=O) groups is 3. The Labute approximate surface area is 211 Å². The summed E-state index contributed by atoms with van der Waals surface area (Å²) in [5.74, 6) is 0.174. The Balaban J connectivity index is 1.26. The van der Waals surface area contributed by atoms with Gasteiger partial charge in [-0.15, -0.1) is 0 Å². The van der Waals surface area contributed by atoms with Crippen molar-refractivity contribution in [2.24, 2.45) is 11.8 Å².